The van der Waals surface area contributed by atoms with Crippen LogP contribution in [0, 0.1) is 0 Å². The summed E-state index contributed by atoms with van der Waals surface area (Å²) in [5.41, 5.74) is 6.37. The van der Waals surface area contributed by atoms with Crippen molar-refractivity contribution >= 4 is 23.2 Å². The molecule has 0 aliphatic rings. The van der Waals surface area contributed by atoms with Gasteiger partial charge < -0.3 is 15.6 Å². The molecule has 0 radical (unpaired) electrons. The van der Waals surface area contributed by atoms with E-state index >= 15 is 0 Å². The van der Waals surface area contributed by atoms with Crippen LogP contribution in [0.5, 0.6) is 5.75 Å². The Labute approximate surface area is 105 Å². The molecule has 0 aliphatic carbocycles. The van der Waals surface area contributed by atoms with Gasteiger partial charge in [0, 0.05) is 23.7 Å². The molecule has 0 saturated carbocycles. The molecule has 3 nitrogen and oxygen atoms in total. The van der Waals surface area contributed by atoms with Gasteiger partial charge in [0.15, 0.2) is 0 Å². The zero-order valence-corrected chi connectivity index (χ0v) is 10.4. The molecule has 0 aliphatic heterocycles. The maximum Gasteiger partial charge on any atom is 0.142 e. The van der Waals surface area contributed by atoms with Crippen LogP contribution in [0.3, 0.4) is 0 Å². The predicted octanol–water partition coefficient (Wildman–Crippen LogP) is 2.60. The zero-order chi connectivity index (χ0) is 12.0. The Hall–Kier alpha value is -0.480. The lowest BCUT2D eigenvalue weighted by Gasteiger charge is -2.12. The summed E-state index contributed by atoms with van der Waals surface area (Å²) in [6.45, 7) is 1.01. The average molecular weight is 264 g/mol. The smallest absolute Gasteiger partial charge is 0.142 e. The average Bonchev–Trinajstić information content (AvgIpc) is 2.26. The molecular weight excluding hydrogens is 249 g/mol. The van der Waals surface area contributed by atoms with Crippen molar-refractivity contribution in [1.82, 2.24) is 0 Å². The van der Waals surface area contributed by atoms with Gasteiger partial charge in [-0.25, -0.2) is 0 Å². The highest BCUT2D eigenvalue weighted by Gasteiger charge is 2.09. The number of hydrogen-bond donors (Lipinski definition) is 2. The van der Waals surface area contributed by atoms with E-state index in [0.717, 1.165) is 12.0 Å². The van der Waals surface area contributed by atoms with E-state index in [0.29, 0.717) is 35.4 Å². The first-order chi connectivity index (χ1) is 7.69. The molecule has 0 saturated heterocycles. The van der Waals surface area contributed by atoms with Crippen molar-refractivity contribution in [2.45, 2.75) is 19.4 Å². The van der Waals surface area contributed by atoms with E-state index in [1.807, 2.05) is 0 Å². The molecule has 1 aromatic carbocycles. The van der Waals surface area contributed by atoms with Crippen LogP contribution in [0.15, 0.2) is 12.1 Å². The van der Waals surface area contributed by atoms with Crippen molar-refractivity contribution < 1.29 is 9.84 Å². The minimum atomic E-state index is 0.168. The maximum atomic E-state index is 8.64. The van der Waals surface area contributed by atoms with Gasteiger partial charge in [-0.3, -0.25) is 0 Å². The summed E-state index contributed by atoms with van der Waals surface area (Å²) in [6.07, 6.45) is 1.49. The van der Waals surface area contributed by atoms with E-state index in [2.05, 4.69) is 0 Å². The molecule has 0 aromatic heterocycles. The van der Waals surface area contributed by atoms with Gasteiger partial charge in [0.25, 0.3) is 0 Å². The summed E-state index contributed by atoms with van der Waals surface area (Å²) in [5.74, 6) is 0.589. The number of unbranched alkanes of at least 4 members (excludes halogenated alkanes) is 1. The fraction of sp³-hybridized carbons (Fsp3) is 0.455. The quantitative estimate of drug-likeness (QED) is 0.776. The van der Waals surface area contributed by atoms with Crippen LogP contribution in [-0.4, -0.2) is 18.3 Å². The highest BCUT2D eigenvalue weighted by Crippen LogP contribution is 2.32. The van der Waals surface area contributed by atoms with E-state index in [4.69, 9.17) is 38.8 Å². The number of aliphatic hydroxyl groups excluding tert-OH is 1. The Kier molecular flexibility index (Phi) is 5.91. The van der Waals surface area contributed by atoms with Gasteiger partial charge in [-0.05, 0) is 25.0 Å². The summed E-state index contributed by atoms with van der Waals surface area (Å²) in [6, 6.07) is 3.37. The van der Waals surface area contributed by atoms with Crippen LogP contribution in [0.1, 0.15) is 18.4 Å². The van der Waals surface area contributed by atoms with Crippen molar-refractivity contribution in [1.29, 1.82) is 0 Å². The van der Waals surface area contributed by atoms with E-state index < -0.39 is 0 Å². The fourth-order valence-corrected chi connectivity index (χ4v) is 1.91. The topological polar surface area (TPSA) is 55.5 Å². The number of benzene rings is 1. The third kappa shape index (κ3) is 3.83. The van der Waals surface area contributed by atoms with Crippen molar-refractivity contribution in [3.8, 4) is 5.75 Å². The van der Waals surface area contributed by atoms with E-state index in [1.54, 1.807) is 12.1 Å². The van der Waals surface area contributed by atoms with Gasteiger partial charge in [0.05, 0.1) is 11.6 Å². The fourth-order valence-electron chi connectivity index (χ4n) is 1.32. The number of hydrogen-bond acceptors (Lipinski definition) is 3. The molecule has 0 spiro atoms. The Balaban J connectivity index is 2.70. The Morgan fingerprint density at radius 1 is 1.25 bits per heavy atom. The lowest BCUT2D eigenvalue weighted by Crippen LogP contribution is -2.05. The van der Waals surface area contributed by atoms with Crippen LogP contribution in [0.25, 0.3) is 0 Å². The molecule has 0 unspecified atom stereocenters. The summed E-state index contributed by atoms with van der Waals surface area (Å²) < 4.78 is 5.53. The van der Waals surface area contributed by atoms with Crippen molar-refractivity contribution in [3.63, 3.8) is 0 Å². The number of halogens is 2. The van der Waals surface area contributed by atoms with Gasteiger partial charge in [0.1, 0.15) is 5.75 Å². The first kappa shape index (κ1) is 13.6. The summed E-state index contributed by atoms with van der Waals surface area (Å²) in [4.78, 5) is 0. The van der Waals surface area contributed by atoms with E-state index in [-0.39, 0.29) is 6.61 Å². The molecule has 0 bridgehead atoms. The van der Waals surface area contributed by atoms with Crippen LogP contribution in [0.2, 0.25) is 10.0 Å². The third-order valence-electron chi connectivity index (χ3n) is 2.10. The monoisotopic (exact) mass is 263 g/mol. The second kappa shape index (κ2) is 6.97. The molecule has 0 atom stereocenters. The molecule has 0 heterocycles. The van der Waals surface area contributed by atoms with Gasteiger partial charge in [0.2, 0.25) is 0 Å². The molecule has 1 rings (SSSR count). The highest BCUT2D eigenvalue weighted by atomic mass is 35.5. The standard InChI is InChI=1S/C11H15Cl2NO2/c12-9-5-8(7-14)11(10(13)6-9)16-4-2-1-3-15/h5-6,15H,1-4,7,14H2. The van der Waals surface area contributed by atoms with Crippen molar-refractivity contribution in [2.24, 2.45) is 5.73 Å². The van der Waals surface area contributed by atoms with Crippen molar-refractivity contribution in [3.05, 3.63) is 27.7 Å². The first-order valence-corrected chi connectivity index (χ1v) is 5.86. The summed E-state index contributed by atoms with van der Waals surface area (Å²) in [7, 11) is 0. The van der Waals surface area contributed by atoms with E-state index in [9.17, 15) is 0 Å². The lowest BCUT2D eigenvalue weighted by atomic mass is 10.2. The number of aliphatic hydroxyl groups is 1. The lowest BCUT2D eigenvalue weighted by molar-refractivity contribution is 0.252. The van der Waals surface area contributed by atoms with Crippen LogP contribution >= 0.6 is 23.2 Å². The molecule has 90 valence electrons. The van der Waals surface area contributed by atoms with Gasteiger partial charge in [-0.1, -0.05) is 23.2 Å². The van der Waals surface area contributed by atoms with Crippen LogP contribution in [-0.2, 0) is 6.54 Å². The van der Waals surface area contributed by atoms with Gasteiger partial charge in [-0.2, -0.15) is 0 Å². The summed E-state index contributed by atoms with van der Waals surface area (Å²) in [5, 5.41) is 9.65. The van der Waals surface area contributed by atoms with Crippen LogP contribution in [0.4, 0.5) is 0 Å². The van der Waals surface area contributed by atoms with Gasteiger partial charge in [-0.15, -0.1) is 0 Å². The number of nitrogens with two attached hydrogens (primary N) is 1. The first-order valence-electron chi connectivity index (χ1n) is 5.10. The number of ether oxygens (including phenoxy) is 1. The Morgan fingerprint density at radius 3 is 2.62 bits per heavy atom. The minimum absolute atomic E-state index is 0.168. The van der Waals surface area contributed by atoms with E-state index in [1.165, 1.54) is 0 Å². The molecule has 3 N–H and O–H groups in total. The summed E-state index contributed by atoms with van der Waals surface area (Å²) >= 11 is 11.9. The van der Waals surface area contributed by atoms with Crippen LogP contribution < -0.4 is 10.5 Å². The zero-order valence-electron chi connectivity index (χ0n) is 8.88. The Morgan fingerprint density at radius 2 is 2.00 bits per heavy atom. The molecule has 5 heteroatoms. The third-order valence-corrected chi connectivity index (χ3v) is 2.60. The SMILES string of the molecule is NCc1cc(Cl)cc(Cl)c1OCCCCO. The Bertz CT molecular complexity index is 345. The molecule has 0 fully saturated rings. The maximum absolute atomic E-state index is 8.64. The molecule has 16 heavy (non-hydrogen) atoms. The predicted molar refractivity (Wildman–Crippen MR) is 66.2 cm³/mol. The number of rotatable bonds is 6. The van der Waals surface area contributed by atoms with Gasteiger partial charge >= 0.3 is 0 Å². The van der Waals surface area contributed by atoms with Crippen molar-refractivity contribution in [2.75, 3.05) is 13.2 Å². The molecule has 1 aromatic rings. The molecule has 0 amide bonds. The normalized spacial score (nSPS) is 10.5. The second-order valence-electron chi connectivity index (χ2n) is 3.36. The minimum Gasteiger partial charge on any atom is -0.492 e. The highest BCUT2D eigenvalue weighted by molar-refractivity contribution is 6.35. The molecular formula is C11H15Cl2NO2. The second-order valence-corrected chi connectivity index (χ2v) is 4.20. The largest absolute Gasteiger partial charge is 0.492 e.